The monoisotopic (exact) mass is 185 g/mol. The second-order valence-electron chi connectivity index (χ2n) is 3.10. The van der Waals surface area contributed by atoms with Gasteiger partial charge in [-0.2, -0.15) is 0 Å². The lowest BCUT2D eigenvalue weighted by Gasteiger charge is -2.26. The topological polar surface area (TPSA) is 21.6 Å². The van der Waals surface area contributed by atoms with Crippen LogP contribution in [0.25, 0.3) is 0 Å². The van der Waals surface area contributed by atoms with E-state index in [-0.39, 0.29) is 6.04 Å². The molecule has 0 saturated carbocycles. The molecule has 0 aromatic carbocycles. The summed E-state index contributed by atoms with van der Waals surface area (Å²) in [6, 6.07) is 0.239. The molecule has 1 heterocycles. The van der Waals surface area contributed by atoms with Crippen LogP contribution in [0.1, 0.15) is 32.6 Å². The Balaban J connectivity index is 2.45. The molecule has 12 heavy (non-hydrogen) atoms. The summed E-state index contributed by atoms with van der Waals surface area (Å²) in [7, 11) is 0. The standard InChI is InChI=1S/C9H15NOS/c1-2-8(10-7-12)9-5-3-4-6-11-9/h8-9H,2-6H2,1H3/t8?,9-/m0/s1. The van der Waals surface area contributed by atoms with Gasteiger partial charge in [0, 0.05) is 6.61 Å². The summed E-state index contributed by atoms with van der Waals surface area (Å²) in [5.41, 5.74) is 0. The quantitative estimate of drug-likeness (QED) is 0.497. The van der Waals surface area contributed by atoms with E-state index in [9.17, 15) is 0 Å². The molecule has 0 amide bonds. The second-order valence-corrected chi connectivity index (χ2v) is 3.28. The lowest BCUT2D eigenvalue weighted by molar-refractivity contribution is 0.000608. The van der Waals surface area contributed by atoms with Crippen molar-refractivity contribution in [3.8, 4) is 0 Å². The normalized spacial score (nSPS) is 25.9. The number of thiocarbonyl (C=S) groups is 1. The number of hydrogen-bond acceptors (Lipinski definition) is 3. The van der Waals surface area contributed by atoms with E-state index in [1.807, 2.05) is 0 Å². The van der Waals surface area contributed by atoms with Crippen LogP contribution in [-0.2, 0) is 4.74 Å². The van der Waals surface area contributed by atoms with Crippen molar-refractivity contribution < 1.29 is 4.74 Å². The zero-order valence-electron chi connectivity index (χ0n) is 7.45. The van der Waals surface area contributed by atoms with E-state index in [1.54, 1.807) is 0 Å². The van der Waals surface area contributed by atoms with Crippen molar-refractivity contribution in [2.24, 2.45) is 4.99 Å². The Morgan fingerprint density at radius 2 is 2.50 bits per heavy atom. The van der Waals surface area contributed by atoms with Gasteiger partial charge >= 0.3 is 0 Å². The van der Waals surface area contributed by atoms with Crippen molar-refractivity contribution in [1.82, 2.24) is 0 Å². The van der Waals surface area contributed by atoms with Crippen LogP contribution in [0.15, 0.2) is 4.99 Å². The van der Waals surface area contributed by atoms with Crippen molar-refractivity contribution >= 4 is 17.4 Å². The van der Waals surface area contributed by atoms with Crippen LogP contribution < -0.4 is 0 Å². The molecule has 1 fully saturated rings. The second kappa shape index (κ2) is 5.41. The number of isothiocyanates is 1. The van der Waals surface area contributed by atoms with Crippen LogP contribution in [-0.4, -0.2) is 23.9 Å². The average molecular weight is 185 g/mol. The highest BCUT2D eigenvalue weighted by atomic mass is 32.1. The molecule has 1 aliphatic heterocycles. The first-order valence-corrected chi connectivity index (χ1v) is 4.98. The summed E-state index contributed by atoms with van der Waals surface area (Å²) >= 11 is 4.59. The van der Waals surface area contributed by atoms with Gasteiger partial charge in [-0.25, -0.2) is 4.99 Å². The molecular formula is C9H15NOS. The number of rotatable bonds is 3. The van der Waals surface area contributed by atoms with Gasteiger partial charge in [-0.1, -0.05) is 6.92 Å². The van der Waals surface area contributed by atoms with E-state index in [0.717, 1.165) is 19.4 Å². The highest BCUT2D eigenvalue weighted by molar-refractivity contribution is 7.78. The molecular weight excluding hydrogens is 170 g/mol. The molecule has 1 saturated heterocycles. The van der Waals surface area contributed by atoms with E-state index in [2.05, 4.69) is 29.3 Å². The SMILES string of the molecule is CCC(N=C=S)[C@@H]1CCCCO1. The third kappa shape index (κ3) is 2.67. The Labute approximate surface area is 79.0 Å². The van der Waals surface area contributed by atoms with Crippen LogP contribution >= 0.6 is 12.2 Å². The molecule has 1 unspecified atom stereocenters. The smallest absolute Gasteiger partial charge is 0.0861 e. The maximum atomic E-state index is 5.60. The Kier molecular flexibility index (Phi) is 4.44. The van der Waals surface area contributed by atoms with Crippen molar-refractivity contribution in [2.45, 2.75) is 44.8 Å². The van der Waals surface area contributed by atoms with Gasteiger partial charge in [0.05, 0.1) is 17.3 Å². The predicted molar refractivity (Wildman–Crippen MR) is 52.7 cm³/mol. The van der Waals surface area contributed by atoms with Gasteiger partial charge in [-0.3, -0.25) is 0 Å². The Bertz CT molecular complexity index is 171. The van der Waals surface area contributed by atoms with E-state index in [0.29, 0.717) is 6.10 Å². The molecule has 2 nitrogen and oxygen atoms in total. The number of nitrogens with zero attached hydrogens (tertiary/aromatic N) is 1. The summed E-state index contributed by atoms with van der Waals surface area (Å²) in [6.45, 7) is 2.99. The molecule has 1 rings (SSSR count). The summed E-state index contributed by atoms with van der Waals surface area (Å²) in [5, 5.41) is 2.44. The lowest BCUT2D eigenvalue weighted by atomic mass is 10.0. The fourth-order valence-corrected chi connectivity index (χ4v) is 1.71. The molecule has 0 bridgehead atoms. The summed E-state index contributed by atoms with van der Waals surface area (Å²) in [4.78, 5) is 4.11. The van der Waals surface area contributed by atoms with Crippen LogP contribution in [0.5, 0.6) is 0 Å². The first kappa shape index (κ1) is 9.85. The summed E-state index contributed by atoms with van der Waals surface area (Å²) in [5.74, 6) is 0. The minimum absolute atomic E-state index is 0.239. The van der Waals surface area contributed by atoms with Crippen LogP contribution in [0, 0.1) is 0 Å². The van der Waals surface area contributed by atoms with E-state index in [4.69, 9.17) is 4.74 Å². The molecule has 0 radical (unpaired) electrons. The third-order valence-electron chi connectivity index (χ3n) is 2.28. The zero-order valence-corrected chi connectivity index (χ0v) is 8.27. The molecule has 0 spiro atoms. The molecule has 3 heteroatoms. The number of hydrogen-bond donors (Lipinski definition) is 0. The van der Waals surface area contributed by atoms with Gasteiger partial charge in [-0.15, -0.1) is 0 Å². The summed E-state index contributed by atoms with van der Waals surface area (Å²) < 4.78 is 5.60. The van der Waals surface area contributed by atoms with Gasteiger partial charge in [0.1, 0.15) is 0 Å². The van der Waals surface area contributed by atoms with Crippen LogP contribution in [0.4, 0.5) is 0 Å². The van der Waals surface area contributed by atoms with Crippen molar-refractivity contribution in [2.75, 3.05) is 6.61 Å². The Morgan fingerprint density at radius 3 is 3.00 bits per heavy atom. The molecule has 1 aliphatic rings. The first-order chi connectivity index (χ1) is 5.88. The maximum Gasteiger partial charge on any atom is 0.0861 e. The fourth-order valence-electron chi connectivity index (χ4n) is 1.57. The minimum atomic E-state index is 0.239. The van der Waals surface area contributed by atoms with Crippen molar-refractivity contribution in [1.29, 1.82) is 0 Å². The molecule has 0 aromatic heterocycles. The third-order valence-corrected chi connectivity index (χ3v) is 2.39. The minimum Gasteiger partial charge on any atom is -0.376 e. The first-order valence-electron chi connectivity index (χ1n) is 4.57. The predicted octanol–water partition coefficient (Wildman–Crippen LogP) is 2.44. The Hall–Kier alpha value is -0.240. The Morgan fingerprint density at radius 1 is 1.67 bits per heavy atom. The zero-order chi connectivity index (χ0) is 8.81. The van der Waals surface area contributed by atoms with Gasteiger partial charge in [0.15, 0.2) is 0 Å². The van der Waals surface area contributed by atoms with Crippen LogP contribution in [0.3, 0.4) is 0 Å². The number of aliphatic imine (C=N–C) groups is 1. The van der Waals surface area contributed by atoms with E-state index < -0.39 is 0 Å². The van der Waals surface area contributed by atoms with Crippen molar-refractivity contribution in [3.05, 3.63) is 0 Å². The van der Waals surface area contributed by atoms with Gasteiger partial charge < -0.3 is 4.74 Å². The molecule has 0 N–H and O–H groups in total. The van der Waals surface area contributed by atoms with E-state index in [1.165, 1.54) is 12.8 Å². The van der Waals surface area contributed by atoms with Gasteiger partial charge in [-0.05, 0) is 37.9 Å². The highest BCUT2D eigenvalue weighted by Crippen LogP contribution is 2.19. The molecule has 0 aromatic rings. The molecule has 2 atom stereocenters. The number of ether oxygens (including phenoxy) is 1. The maximum absolute atomic E-state index is 5.60. The highest BCUT2D eigenvalue weighted by Gasteiger charge is 2.21. The van der Waals surface area contributed by atoms with Crippen molar-refractivity contribution in [3.63, 3.8) is 0 Å². The van der Waals surface area contributed by atoms with E-state index >= 15 is 0 Å². The van der Waals surface area contributed by atoms with Crippen LogP contribution in [0.2, 0.25) is 0 Å². The molecule has 68 valence electrons. The van der Waals surface area contributed by atoms with Gasteiger partial charge in [0.2, 0.25) is 0 Å². The lowest BCUT2D eigenvalue weighted by Crippen LogP contribution is -2.30. The fraction of sp³-hybridized carbons (Fsp3) is 0.889. The largest absolute Gasteiger partial charge is 0.376 e. The van der Waals surface area contributed by atoms with Gasteiger partial charge in [0.25, 0.3) is 0 Å². The molecule has 0 aliphatic carbocycles. The average Bonchev–Trinajstić information content (AvgIpc) is 2.15. The summed E-state index contributed by atoms with van der Waals surface area (Å²) in [6.07, 6.45) is 4.86.